The van der Waals surface area contributed by atoms with Crippen molar-refractivity contribution in [3.8, 4) is 0 Å². The summed E-state index contributed by atoms with van der Waals surface area (Å²) >= 11 is 0. The fourth-order valence-electron chi connectivity index (χ4n) is 5.36. The van der Waals surface area contributed by atoms with E-state index in [9.17, 15) is 26.0 Å². The van der Waals surface area contributed by atoms with Crippen LogP contribution in [-0.2, 0) is 10.0 Å². The number of hydrogen-bond acceptors (Lipinski definition) is 4. The monoisotopic (exact) mass is 551 g/mol. The van der Waals surface area contributed by atoms with Crippen molar-refractivity contribution in [3.05, 3.63) is 83.5 Å². The molecule has 1 fully saturated rings. The van der Waals surface area contributed by atoms with Gasteiger partial charge in [-0.2, -0.15) is 14.5 Å². The van der Waals surface area contributed by atoms with Crippen molar-refractivity contribution in [1.82, 2.24) is 4.31 Å². The quantitative estimate of drug-likeness (QED) is 0.186. The van der Waals surface area contributed by atoms with Gasteiger partial charge in [-0.25, -0.2) is 26.0 Å². The molecule has 206 valence electrons. The van der Waals surface area contributed by atoms with Crippen LogP contribution in [0.15, 0.2) is 69.8 Å². The van der Waals surface area contributed by atoms with Gasteiger partial charge in [0.25, 0.3) is 0 Å². The second kappa shape index (κ2) is 11.1. The van der Waals surface area contributed by atoms with E-state index in [0.717, 1.165) is 24.3 Å². The van der Waals surface area contributed by atoms with Crippen molar-refractivity contribution in [3.63, 3.8) is 0 Å². The minimum absolute atomic E-state index is 0.00314. The molecule has 1 aliphatic rings. The van der Waals surface area contributed by atoms with Gasteiger partial charge < -0.3 is 0 Å². The summed E-state index contributed by atoms with van der Waals surface area (Å²) in [6.45, 7) is 12.0. The predicted molar refractivity (Wildman–Crippen MR) is 140 cm³/mol. The Morgan fingerprint density at radius 3 is 2.21 bits per heavy atom. The van der Waals surface area contributed by atoms with Crippen LogP contribution in [0.1, 0.15) is 46.1 Å². The molecule has 0 N–H and O–H groups in total. The maximum atomic E-state index is 14.5. The second-order valence-corrected chi connectivity index (χ2v) is 12.3. The molecule has 0 aromatic heterocycles. The molecular formula is C28H33F4N3O2S. The fraction of sp³-hybridized carbons (Fsp3) is 0.429. The van der Waals surface area contributed by atoms with Crippen LogP contribution in [0.3, 0.4) is 0 Å². The van der Waals surface area contributed by atoms with Crippen molar-refractivity contribution in [1.29, 1.82) is 0 Å². The average molecular weight is 552 g/mol. The highest BCUT2D eigenvalue weighted by Crippen LogP contribution is 2.58. The number of sulfonamides is 1. The van der Waals surface area contributed by atoms with Crippen molar-refractivity contribution in [2.24, 2.45) is 27.0 Å². The lowest BCUT2D eigenvalue weighted by Gasteiger charge is -2.44. The van der Waals surface area contributed by atoms with Gasteiger partial charge in [-0.3, -0.25) is 0 Å². The fourth-order valence-corrected chi connectivity index (χ4v) is 6.97. The molecule has 10 heteroatoms. The van der Waals surface area contributed by atoms with Gasteiger partial charge >= 0.3 is 0 Å². The number of hydrogen-bond donors (Lipinski definition) is 0. The summed E-state index contributed by atoms with van der Waals surface area (Å²) in [5.41, 5.74) is -0.786. The Labute approximate surface area is 222 Å². The highest BCUT2D eigenvalue weighted by Gasteiger charge is 2.53. The summed E-state index contributed by atoms with van der Waals surface area (Å²) in [5.74, 6) is -3.66. The van der Waals surface area contributed by atoms with Crippen molar-refractivity contribution >= 4 is 15.7 Å². The first-order valence-electron chi connectivity index (χ1n) is 12.3. The third-order valence-corrected chi connectivity index (χ3v) is 9.86. The van der Waals surface area contributed by atoms with Gasteiger partial charge in [-0.15, -0.1) is 0 Å². The molecule has 0 bridgehead atoms. The average Bonchev–Trinajstić information content (AvgIpc) is 3.05. The van der Waals surface area contributed by atoms with Gasteiger partial charge in [0.1, 0.15) is 23.3 Å². The van der Waals surface area contributed by atoms with E-state index in [0.29, 0.717) is 24.5 Å². The molecule has 2 aromatic carbocycles. The van der Waals surface area contributed by atoms with Gasteiger partial charge in [-0.1, -0.05) is 40.3 Å². The topological polar surface area (TPSA) is 62.1 Å². The van der Waals surface area contributed by atoms with E-state index >= 15 is 0 Å². The van der Waals surface area contributed by atoms with E-state index in [4.69, 9.17) is 0 Å². The molecule has 0 saturated heterocycles. The first-order valence-corrected chi connectivity index (χ1v) is 13.7. The molecule has 0 amide bonds. The van der Waals surface area contributed by atoms with Gasteiger partial charge in [0.2, 0.25) is 10.0 Å². The van der Waals surface area contributed by atoms with Gasteiger partial charge in [0.15, 0.2) is 0 Å². The van der Waals surface area contributed by atoms with Crippen LogP contribution in [0, 0.1) is 40.0 Å². The molecule has 0 aliphatic heterocycles. The van der Waals surface area contributed by atoms with Crippen molar-refractivity contribution in [2.75, 3.05) is 20.1 Å². The van der Waals surface area contributed by atoms with Crippen LogP contribution in [0.4, 0.5) is 17.6 Å². The van der Waals surface area contributed by atoms with Crippen molar-refractivity contribution in [2.45, 2.75) is 45.4 Å². The van der Waals surface area contributed by atoms with E-state index in [1.165, 1.54) is 23.5 Å². The number of rotatable bonds is 9. The molecule has 1 saturated carbocycles. The molecule has 0 heterocycles. The molecular weight excluding hydrogens is 518 g/mol. The van der Waals surface area contributed by atoms with Crippen LogP contribution < -0.4 is 0 Å². The van der Waals surface area contributed by atoms with Gasteiger partial charge in [-0.05, 0) is 65.5 Å². The zero-order valence-electron chi connectivity index (χ0n) is 22.2. The summed E-state index contributed by atoms with van der Waals surface area (Å²) in [5, 5.41) is 7.66. The molecule has 1 aliphatic carbocycles. The minimum atomic E-state index is -4.17. The van der Waals surface area contributed by atoms with Crippen LogP contribution in [0.5, 0.6) is 0 Å². The number of benzene rings is 2. The smallest absolute Gasteiger partial charge is 0.207 e. The summed E-state index contributed by atoms with van der Waals surface area (Å²) < 4.78 is 84.5. The van der Waals surface area contributed by atoms with Crippen LogP contribution >= 0.6 is 0 Å². The lowest BCUT2D eigenvalue weighted by atomic mass is 9.64. The standard InChI is InChI=1S/C28H33F4N3O2S/c1-7-35(38(36,37)21-15-19(29)14-20(30)16-21)17-28(5)12-11-22(27(28,3)4)18(2)13-25(34-33-6)26-23(31)9-8-10-24(26)32/h8-10,13-16,22H,2,7,11-12,17H2,1,3-6H3/b25-13-,34-33-. The molecule has 3 rings (SSSR count). The van der Waals surface area contributed by atoms with E-state index in [1.54, 1.807) is 6.92 Å². The van der Waals surface area contributed by atoms with E-state index in [-0.39, 0.29) is 30.3 Å². The van der Waals surface area contributed by atoms with Crippen LogP contribution in [-0.4, -0.2) is 32.9 Å². The summed E-state index contributed by atoms with van der Waals surface area (Å²) in [4.78, 5) is -0.443. The second-order valence-electron chi connectivity index (χ2n) is 10.4. The van der Waals surface area contributed by atoms with E-state index in [1.807, 2.05) is 20.8 Å². The lowest BCUT2D eigenvalue weighted by Crippen LogP contribution is -2.46. The molecule has 5 nitrogen and oxygen atoms in total. The SMILES string of the molecule is C=C(/C=C(\N=N/C)c1c(F)cccc1F)C1CCC(C)(CN(CC)S(=O)(=O)c2cc(F)cc(F)c2)C1(C)C. The number of halogens is 4. The number of allylic oxidation sites excluding steroid dienone is 2. The van der Waals surface area contributed by atoms with Gasteiger partial charge in [0, 0.05) is 26.2 Å². The summed E-state index contributed by atoms with van der Waals surface area (Å²) in [6, 6.07) is 5.79. The maximum absolute atomic E-state index is 14.5. The Hall–Kier alpha value is -2.85. The normalized spacial score (nSPS) is 21.9. The highest BCUT2D eigenvalue weighted by atomic mass is 32.2. The molecule has 0 radical (unpaired) electrons. The summed E-state index contributed by atoms with van der Waals surface area (Å²) in [6.07, 6.45) is 2.79. The molecule has 38 heavy (non-hydrogen) atoms. The zero-order valence-corrected chi connectivity index (χ0v) is 23.0. The Morgan fingerprint density at radius 1 is 1.11 bits per heavy atom. The van der Waals surface area contributed by atoms with E-state index < -0.39 is 49.0 Å². The third-order valence-electron chi connectivity index (χ3n) is 7.96. The van der Waals surface area contributed by atoms with Crippen molar-refractivity contribution < 1.29 is 26.0 Å². The minimum Gasteiger partial charge on any atom is -0.207 e. The molecule has 0 spiro atoms. The lowest BCUT2D eigenvalue weighted by molar-refractivity contribution is 0.0803. The largest absolute Gasteiger partial charge is 0.243 e. The number of azo groups is 1. The Kier molecular flexibility index (Phi) is 8.67. The van der Waals surface area contributed by atoms with Gasteiger partial charge in [0.05, 0.1) is 16.2 Å². The zero-order chi connectivity index (χ0) is 28.5. The first kappa shape index (κ1) is 29.7. The van der Waals surface area contributed by atoms with Crippen LogP contribution in [0.2, 0.25) is 0 Å². The van der Waals surface area contributed by atoms with Crippen LogP contribution in [0.25, 0.3) is 5.70 Å². The number of nitrogens with zero attached hydrogens (tertiary/aromatic N) is 3. The third kappa shape index (κ3) is 5.61. The van der Waals surface area contributed by atoms with E-state index in [2.05, 4.69) is 16.8 Å². The first-order chi connectivity index (χ1) is 17.7. The molecule has 2 atom stereocenters. The Morgan fingerprint density at radius 2 is 1.68 bits per heavy atom. The Bertz CT molecular complexity index is 1350. The molecule has 2 aromatic rings. The molecule has 2 unspecified atom stereocenters. The Balaban J connectivity index is 1.94. The summed E-state index contributed by atoms with van der Waals surface area (Å²) in [7, 11) is -2.77. The highest BCUT2D eigenvalue weighted by molar-refractivity contribution is 7.89. The maximum Gasteiger partial charge on any atom is 0.243 e. The predicted octanol–water partition coefficient (Wildman–Crippen LogP) is 7.38.